The summed E-state index contributed by atoms with van der Waals surface area (Å²) in [6, 6.07) is -1.03. The van der Waals surface area contributed by atoms with Crippen LogP contribution in [0.25, 0.3) is 0 Å². The molecule has 1 aliphatic heterocycles. The highest BCUT2D eigenvalue weighted by atomic mass is 32.2. The van der Waals surface area contributed by atoms with Crippen molar-refractivity contribution in [3.05, 3.63) is 9.81 Å². The van der Waals surface area contributed by atoms with E-state index >= 15 is 0 Å². The van der Waals surface area contributed by atoms with E-state index in [9.17, 15) is 24.6 Å². The van der Waals surface area contributed by atoms with Crippen molar-refractivity contribution in [3.63, 3.8) is 0 Å². The molecule has 8 heteroatoms. The van der Waals surface area contributed by atoms with Gasteiger partial charge in [0, 0.05) is 0 Å². The number of hydrogen-bond donors (Lipinski definition) is 3. The van der Waals surface area contributed by atoms with Crippen LogP contribution < -0.4 is 5.32 Å². The number of nitrogens with one attached hydrogen (secondary N) is 1. The van der Waals surface area contributed by atoms with Crippen LogP contribution in [0.4, 0.5) is 0 Å². The molecule has 3 N–H and O–H groups in total. The molecule has 1 rings (SSSR count). The van der Waals surface area contributed by atoms with Crippen LogP contribution in [0.5, 0.6) is 0 Å². The average molecular weight is 333 g/mol. The second-order valence-electron chi connectivity index (χ2n) is 5.24. The Morgan fingerprint density at radius 2 is 1.71 bits per heavy atom. The Morgan fingerprint density at radius 1 is 1.19 bits per heavy atom. The predicted octanol–water partition coefficient (Wildman–Crippen LogP) is 2.11. The van der Waals surface area contributed by atoms with Gasteiger partial charge in [-0.2, -0.15) is 0 Å². The molecule has 1 aliphatic rings. The largest absolute Gasteiger partial charge is 0.480 e. The quantitative estimate of drug-likeness (QED) is 0.684. The number of carbonyl (C=O) groups is 3. The van der Waals surface area contributed by atoms with Gasteiger partial charge in [0.1, 0.15) is 10.9 Å². The van der Waals surface area contributed by atoms with E-state index in [0.717, 1.165) is 23.5 Å². The SMILES string of the molecule is CC[C@H](C)[C@H](NC(=O)C1=C(C(=O)O)SC(C)(C)S1)C(=O)O. The standard InChI is InChI=1S/C13H19NO5S2/c1-5-6(2)7(11(16)17)14-10(15)8-9(12(18)19)21-13(3,4)20-8/h6-7H,5H2,1-4H3,(H,14,15)(H,16,17)(H,18,19)/t6-,7-/m0/s1. The molecule has 0 fully saturated rings. The van der Waals surface area contributed by atoms with Crippen molar-refractivity contribution >= 4 is 41.4 Å². The first-order valence-electron chi connectivity index (χ1n) is 6.48. The predicted molar refractivity (Wildman–Crippen MR) is 82.9 cm³/mol. The van der Waals surface area contributed by atoms with Crippen LogP contribution in [-0.4, -0.2) is 38.2 Å². The van der Waals surface area contributed by atoms with Crippen molar-refractivity contribution in [1.29, 1.82) is 0 Å². The molecule has 6 nitrogen and oxygen atoms in total. The maximum Gasteiger partial charge on any atom is 0.343 e. The molecule has 0 saturated carbocycles. The fraction of sp³-hybridized carbons (Fsp3) is 0.615. The third-order valence-electron chi connectivity index (χ3n) is 3.07. The highest BCUT2D eigenvalue weighted by Crippen LogP contribution is 2.53. The average Bonchev–Trinajstić information content (AvgIpc) is 2.70. The fourth-order valence-corrected chi connectivity index (χ4v) is 4.29. The van der Waals surface area contributed by atoms with Gasteiger partial charge in [0.15, 0.2) is 0 Å². The zero-order valence-electron chi connectivity index (χ0n) is 12.3. The molecule has 0 saturated heterocycles. The molecule has 0 aliphatic carbocycles. The Bertz CT molecular complexity index is 501. The van der Waals surface area contributed by atoms with E-state index in [-0.39, 0.29) is 15.7 Å². The summed E-state index contributed by atoms with van der Waals surface area (Å²) >= 11 is 2.24. The monoisotopic (exact) mass is 333 g/mol. The Kier molecular flexibility index (Phi) is 5.75. The number of carbonyl (C=O) groups excluding carboxylic acids is 1. The van der Waals surface area contributed by atoms with Gasteiger partial charge in [-0.25, -0.2) is 9.59 Å². The molecule has 0 bridgehead atoms. The van der Waals surface area contributed by atoms with Gasteiger partial charge in [-0.05, 0) is 19.8 Å². The molecule has 1 heterocycles. The summed E-state index contributed by atoms with van der Waals surface area (Å²) in [6.45, 7) is 7.19. The zero-order valence-corrected chi connectivity index (χ0v) is 13.9. The summed E-state index contributed by atoms with van der Waals surface area (Å²) in [5, 5.41) is 20.8. The minimum absolute atomic E-state index is 0.0317. The Morgan fingerprint density at radius 3 is 2.14 bits per heavy atom. The van der Waals surface area contributed by atoms with Crippen LogP contribution in [0, 0.1) is 5.92 Å². The normalized spacial score (nSPS) is 20.0. The molecule has 118 valence electrons. The maximum absolute atomic E-state index is 12.3. The highest BCUT2D eigenvalue weighted by molar-refractivity contribution is 8.25. The third-order valence-corrected chi connectivity index (χ3v) is 5.86. The van der Waals surface area contributed by atoms with Crippen molar-refractivity contribution in [2.24, 2.45) is 5.92 Å². The second kappa shape index (κ2) is 6.74. The molecule has 21 heavy (non-hydrogen) atoms. The van der Waals surface area contributed by atoms with E-state index in [4.69, 9.17) is 0 Å². The summed E-state index contributed by atoms with van der Waals surface area (Å²) in [5.74, 6) is -3.17. The molecule has 2 atom stereocenters. The number of aliphatic carboxylic acids is 2. The molecule has 0 spiro atoms. The third kappa shape index (κ3) is 4.41. The van der Waals surface area contributed by atoms with Crippen molar-refractivity contribution < 1.29 is 24.6 Å². The van der Waals surface area contributed by atoms with E-state index < -0.39 is 28.0 Å². The first-order valence-corrected chi connectivity index (χ1v) is 8.11. The number of carboxylic acid groups (broad SMARTS) is 2. The van der Waals surface area contributed by atoms with Gasteiger partial charge in [0.25, 0.3) is 5.91 Å². The topological polar surface area (TPSA) is 104 Å². The van der Waals surface area contributed by atoms with E-state index in [2.05, 4.69) is 5.32 Å². The minimum atomic E-state index is -1.17. The van der Waals surface area contributed by atoms with Gasteiger partial charge in [-0.15, -0.1) is 11.8 Å². The van der Waals surface area contributed by atoms with Gasteiger partial charge >= 0.3 is 11.9 Å². The van der Waals surface area contributed by atoms with Crippen LogP contribution in [0.1, 0.15) is 34.1 Å². The molecule has 0 aromatic rings. The summed E-state index contributed by atoms with van der Waals surface area (Å²) < 4.78 is -0.463. The highest BCUT2D eigenvalue weighted by Gasteiger charge is 2.40. The van der Waals surface area contributed by atoms with Gasteiger partial charge < -0.3 is 15.5 Å². The zero-order chi connectivity index (χ0) is 16.4. The first-order chi connectivity index (χ1) is 9.59. The Hall–Kier alpha value is -1.15. The minimum Gasteiger partial charge on any atom is -0.480 e. The lowest BCUT2D eigenvalue weighted by Gasteiger charge is -2.21. The molecule has 0 unspecified atom stereocenters. The smallest absolute Gasteiger partial charge is 0.343 e. The molecular weight excluding hydrogens is 314 g/mol. The number of hydrogen-bond acceptors (Lipinski definition) is 5. The lowest BCUT2D eigenvalue weighted by Crippen LogP contribution is -2.45. The number of carboxylic acids is 2. The Labute approximate surface area is 131 Å². The second-order valence-corrected chi connectivity index (χ2v) is 8.77. The van der Waals surface area contributed by atoms with Gasteiger partial charge in [0.05, 0.1) is 8.98 Å². The molecule has 0 aromatic heterocycles. The molecule has 0 radical (unpaired) electrons. The van der Waals surface area contributed by atoms with Crippen LogP contribution in [0.2, 0.25) is 0 Å². The van der Waals surface area contributed by atoms with Crippen molar-refractivity contribution in [3.8, 4) is 0 Å². The molecule has 0 aromatic carbocycles. The summed E-state index contributed by atoms with van der Waals surface area (Å²) in [5.41, 5.74) is 0. The van der Waals surface area contributed by atoms with E-state index in [0.29, 0.717) is 6.42 Å². The van der Waals surface area contributed by atoms with Crippen LogP contribution in [0.15, 0.2) is 9.81 Å². The van der Waals surface area contributed by atoms with E-state index in [1.807, 2.05) is 20.8 Å². The number of rotatable bonds is 6. The van der Waals surface area contributed by atoms with Gasteiger partial charge in [0.2, 0.25) is 0 Å². The number of amides is 1. The van der Waals surface area contributed by atoms with E-state index in [1.54, 1.807) is 6.92 Å². The molecular formula is C13H19NO5S2. The Balaban J connectivity index is 2.98. The van der Waals surface area contributed by atoms with Gasteiger partial charge in [-0.1, -0.05) is 32.0 Å². The van der Waals surface area contributed by atoms with E-state index in [1.165, 1.54) is 0 Å². The van der Waals surface area contributed by atoms with Crippen LogP contribution >= 0.6 is 23.5 Å². The van der Waals surface area contributed by atoms with Crippen molar-refractivity contribution in [2.75, 3.05) is 0 Å². The summed E-state index contributed by atoms with van der Waals surface area (Å²) in [4.78, 5) is 34.8. The number of thioether (sulfide) groups is 2. The summed E-state index contributed by atoms with van der Waals surface area (Å²) in [7, 11) is 0. The summed E-state index contributed by atoms with van der Waals surface area (Å²) in [6.07, 6.45) is 0.593. The fourth-order valence-electron chi connectivity index (χ4n) is 1.79. The first kappa shape index (κ1) is 17.9. The van der Waals surface area contributed by atoms with Crippen molar-refractivity contribution in [1.82, 2.24) is 5.32 Å². The lowest BCUT2D eigenvalue weighted by molar-refractivity contribution is -0.142. The van der Waals surface area contributed by atoms with Crippen LogP contribution in [0.3, 0.4) is 0 Å². The van der Waals surface area contributed by atoms with Gasteiger partial charge in [-0.3, -0.25) is 4.79 Å². The lowest BCUT2D eigenvalue weighted by atomic mass is 9.99. The van der Waals surface area contributed by atoms with Crippen molar-refractivity contribution in [2.45, 2.75) is 44.2 Å². The van der Waals surface area contributed by atoms with Crippen LogP contribution in [-0.2, 0) is 14.4 Å². The maximum atomic E-state index is 12.3. The molecule has 1 amide bonds.